The van der Waals surface area contributed by atoms with Crippen molar-refractivity contribution in [1.29, 1.82) is 0 Å². The van der Waals surface area contributed by atoms with Crippen LogP contribution in [0.15, 0.2) is 18.2 Å². The largest absolute Gasteiger partial charge is 0.253 e. The molecule has 0 aliphatic rings. The van der Waals surface area contributed by atoms with Gasteiger partial charge in [-0.1, -0.05) is 17.7 Å². The Labute approximate surface area is 63.6 Å². The Morgan fingerprint density at radius 2 is 2.20 bits per heavy atom. The Hall–Kier alpha value is -0.600. The van der Waals surface area contributed by atoms with Gasteiger partial charge in [-0.3, -0.25) is 5.73 Å². The first-order valence-electron chi connectivity index (χ1n) is 2.82. The lowest BCUT2D eigenvalue weighted by Gasteiger charge is -1.96. The summed E-state index contributed by atoms with van der Waals surface area (Å²) in [5, 5.41) is 0.109. The zero-order valence-electron chi connectivity index (χ0n) is 5.20. The molecule has 1 aromatic carbocycles. The SMILES string of the molecule is [NH]Cc1ccc(Cl)c(F)c1. The molecule has 1 radical (unpaired) electrons. The van der Waals surface area contributed by atoms with Gasteiger partial charge in [0.25, 0.3) is 0 Å². The molecule has 53 valence electrons. The molecule has 0 fully saturated rings. The van der Waals surface area contributed by atoms with Gasteiger partial charge >= 0.3 is 0 Å². The van der Waals surface area contributed by atoms with Crippen molar-refractivity contribution in [2.45, 2.75) is 6.54 Å². The van der Waals surface area contributed by atoms with E-state index in [0.717, 1.165) is 0 Å². The van der Waals surface area contributed by atoms with Crippen molar-refractivity contribution in [1.82, 2.24) is 5.73 Å². The minimum Gasteiger partial charge on any atom is -0.253 e. The molecule has 0 bridgehead atoms. The van der Waals surface area contributed by atoms with Gasteiger partial charge < -0.3 is 0 Å². The second-order valence-electron chi connectivity index (χ2n) is 1.93. The van der Waals surface area contributed by atoms with Crippen LogP contribution in [0, 0.1) is 5.82 Å². The smallest absolute Gasteiger partial charge is 0.142 e. The van der Waals surface area contributed by atoms with E-state index in [1.54, 1.807) is 6.07 Å². The summed E-state index contributed by atoms with van der Waals surface area (Å²) in [5.74, 6) is -0.452. The van der Waals surface area contributed by atoms with Crippen molar-refractivity contribution in [2.75, 3.05) is 0 Å². The summed E-state index contributed by atoms with van der Waals surface area (Å²) in [5.41, 5.74) is 7.54. The van der Waals surface area contributed by atoms with Gasteiger partial charge in [0.2, 0.25) is 0 Å². The van der Waals surface area contributed by atoms with Gasteiger partial charge in [0, 0.05) is 6.54 Å². The summed E-state index contributed by atoms with van der Waals surface area (Å²) in [6, 6.07) is 4.37. The molecule has 0 atom stereocenters. The van der Waals surface area contributed by atoms with Crippen molar-refractivity contribution in [3.05, 3.63) is 34.6 Å². The third-order valence-electron chi connectivity index (χ3n) is 1.19. The van der Waals surface area contributed by atoms with Gasteiger partial charge in [-0.2, -0.15) is 0 Å². The topological polar surface area (TPSA) is 23.8 Å². The molecule has 0 aliphatic heterocycles. The summed E-state index contributed by atoms with van der Waals surface area (Å²) >= 11 is 5.40. The van der Waals surface area contributed by atoms with Gasteiger partial charge in [-0.05, 0) is 17.7 Å². The number of benzene rings is 1. The molecule has 3 heteroatoms. The zero-order valence-corrected chi connectivity index (χ0v) is 5.95. The quantitative estimate of drug-likeness (QED) is 0.599. The van der Waals surface area contributed by atoms with Crippen LogP contribution in [0.4, 0.5) is 4.39 Å². The molecule has 0 saturated heterocycles. The van der Waals surface area contributed by atoms with Crippen molar-refractivity contribution < 1.29 is 4.39 Å². The maximum absolute atomic E-state index is 12.6. The second-order valence-corrected chi connectivity index (χ2v) is 2.33. The molecular weight excluding hydrogens is 153 g/mol. The number of hydrogen-bond donors (Lipinski definition) is 0. The maximum Gasteiger partial charge on any atom is 0.142 e. The molecule has 0 aromatic heterocycles. The minimum absolute atomic E-state index is 0.0914. The van der Waals surface area contributed by atoms with Gasteiger partial charge in [-0.15, -0.1) is 0 Å². The van der Waals surface area contributed by atoms with E-state index >= 15 is 0 Å². The number of nitrogens with one attached hydrogen (secondary N) is 1. The Morgan fingerprint density at radius 3 is 2.70 bits per heavy atom. The van der Waals surface area contributed by atoms with Crippen molar-refractivity contribution >= 4 is 11.6 Å². The van der Waals surface area contributed by atoms with Crippen LogP contribution in [0.1, 0.15) is 5.56 Å². The molecule has 0 aliphatic carbocycles. The first-order valence-corrected chi connectivity index (χ1v) is 3.20. The van der Waals surface area contributed by atoms with E-state index in [9.17, 15) is 4.39 Å². The van der Waals surface area contributed by atoms with Crippen LogP contribution in [-0.2, 0) is 6.54 Å². The molecular formula is C7H6ClFN. The molecule has 1 N–H and O–H groups in total. The Kier molecular flexibility index (Phi) is 2.25. The summed E-state index contributed by atoms with van der Waals surface area (Å²) in [6.45, 7) is 0.0914. The summed E-state index contributed by atoms with van der Waals surface area (Å²) in [6.07, 6.45) is 0. The third-order valence-corrected chi connectivity index (χ3v) is 1.49. The summed E-state index contributed by atoms with van der Waals surface area (Å²) in [4.78, 5) is 0. The Morgan fingerprint density at radius 1 is 1.50 bits per heavy atom. The van der Waals surface area contributed by atoms with Crippen LogP contribution < -0.4 is 5.73 Å². The van der Waals surface area contributed by atoms with Crippen LogP contribution in [0.5, 0.6) is 0 Å². The fraction of sp³-hybridized carbons (Fsp3) is 0.143. The predicted molar refractivity (Wildman–Crippen MR) is 38.2 cm³/mol. The zero-order chi connectivity index (χ0) is 7.56. The van der Waals surface area contributed by atoms with Crippen LogP contribution in [0.3, 0.4) is 0 Å². The lowest BCUT2D eigenvalue weighted by atomic mass is 10.2. The molecule has 10 heavy (non-hydrogen) atoms. The molecule has 0 heterocycles. The summed E-state index contributed by atoms with van der Waals surface area (Å²) < 4.78 is 12.6. The van der Waals surface area contributed by atoms with Gasteiger partial charge in [0.1, 0.15) is 5.82 Å². The normalized spacial score (nSPS) is 9.90. The number of hydrogen-bond acceptors (Lipinski definition) is 0. The van der Waals surface area contributed by atoms with Gasteiger partial charge in [0.15, 0.2) is 0 Å². The first-order chi connectivity index (χ1) is 4.74. The fourth-order valence-electron chi connectivity index (χ4n) is 0.650. The van der Waals surface area contributed by atoms with Gasteiger partial charge in [-0.25, -0.2) is 4.39 Å². The average molecular weight is 159 g/mol. The van der Waals surface area contributed by atoms with E-state index in [0.29, 0.717) is 5.56 Å². The highest BCUT2D eigenvalue weighted by Crippen LogP contribution is 2.14. The van der Waals surface area contributed by atoms with Crippen LogP contribution in [0.2, 0.25) is 5.02 Å². The number of halogens is 2. The standard InChI is InChI=1S/C7H6ClFN/c8-6-2-1-5(4-10)3-7(6)9/h1-3,10H,4H2. The highest BCUT2D eigenvalue weighted by atomic mass is 35.5. The first kappa shape index (κ1) is 7.51. The highest BCUT2D eigenvalue weighted by Gasteiger charge is 1.98. The molecule has 1 rings (SSSR count). The lowest BCUT2D eigenvalue weighted by molar-refractivity contribution is 0.625. The van der Waals surface area contributed by atoms with E-state index in [4.69, 9.17) is 17.3 Å². The molecule has 0 amide bonds. The molecule has 1 nitrogen and oxygen atoms in total. The predicted octanol–water partition coefficient (Wildman–Crippen LogP) is 2.26. The van der Waals surface area contributed by atoms with Crippen molar-refractivity contribution in [3.8, 4) is 0 Å². The van der Waals surface area contributed by atoms with Crippen molar-refractivity contribution in [3.63, 3.8) is 0 Å². The Balaban J connectivity index is 3.04. The van der Waals surface area contributed by atoms with Crippen LogP contribution in [0.25, 0.3) is 0 Å². The number of rotatable bonds is 1. The van der Waals surface area contributed by atoms with Crippen LogP contribution >= 0.6 is 11.6 Å². The third kappa shape index (κ3) is 1.46. The van der Waals surface area contributed by atoms with E-state index in [1.165, 1.54) is 12.1 Å². The molecule has 0 saturated carbocycles. The highest BCUT2D eigenvalue weighted by molar-refractivity contribution is 6.30. The van der Waals surface area contributed by atoms with E-state index in [1.807, 2.05) is 0 Å². The molecule has 0 spiro atoms. The lowest BCUT2D eigenvalue weighted by Crippen LogP contribution is -1.86. The maximum atomic E-state index is 12.6. The van der Waals surface area contributed by atoms with E-state index < -0.39 is 5.82 Å². The molecule has 1 aromatic rings. The van der Waals surface area contributed by atoms with Gasteiger partial charge in [0.05, 0.1) is 5.02 Å². The van der Waals surface area contributed by atoms with Crippen molar-refractivity contribution in [2.24, 2.45) is 0 Å². The summed E-state index contributed by atoms with van der Waals surface area (Å²) in [7, 11) is 0. The van der Waals surface area contributed by atoms with E-state index in [-0.39, 0.29) is 11.6 Å². The average Bonchev–Trinajstić information content (AvgIpc) is 1.95. The minimum atomic E-state index is -0.452. The monoisotopic (exact) mass is 158 g/mol. The van der Waals surface area contributed by atoms with E-state index in [2.05, 4.69) is 0 Å². The second kappa shape index (κ2) is 2.99. The van der Waals surface area contributed by atoms with Crippen LogP contribution in [-0.4, -0.2) is 0 Å². The Bertz CT molecular complexity index is 237. The molecule has 0 unspecified atom stereocenters. The fourth-order valence-corrected chi connectivity index (χ4v) is 0.767.